The van der Waals surface area contributed by atoms with Crippen LogP contribution in [0.15, 0.2) is 41.3 Å². The minimum absolute atomic E-state index is 0.892. The summed E-state index contributed by atoms with van der Waals surface area (Å²) in [7, 11) is 0. The highest BCUT2D eigenvalue weighted by molar-refractivity contribution is 9.10. The molecule has 0 aliphatic carbocycles. The van der Waals surface area contributed by atoms with Gasteiger partial charge in [0.25, 0.3) is 0 Å². The van der Waals surface area contributed by atoms with Crippen molar-refractivity contribution in [3.8, 4) is 0 Å². The van der Waals surface area contributed by atoms with Crippen molar-refractivity contribution in [3.63, 3.8) is 0 Å². The number of hydrogen-bond acceptors (Lipinski definition) is 7. The minimum Gasteiger partial charge on any atom is -0.352 e. The number of thiophene rings is 1. The number of anilines is 2. The lowest BCUT2D eigenvalue weighted by Gasteiger charge is -2.36. The summed E-state index contributed by atoms with van der Waals surface area (Å²) < 4.78 is 0.975. The second-order valence-electron chi connectivity index (χ2n) is 6.58. The van der Waals surface area contributed by atoms with Gasteiger partial charge < -0.3 is 9.80 Å². The summed E-state index contributed by atoms with van der Waals surface area (Å²) in [6.45, 7) is 5.70. The van der Waals surface area contributed by atoms with E-state index >= 15 is 0 Å². The largest absolute Gasteiger partial charge is 0.352 e. The van der Waals surface area contributed by atoms with Gasteiger partial charge in [0.05, 0.1) is 17.1 Å². The third kappa shape index (κ3) is 3.02. The van der Waals surface area contributed by atoms with Crippen molar-refractivity contribution in [1.29, 1.82) is 0 Å². The number of hydrogen-bond donors (Lipinski definition) is 0. The zero-order valence-corrected chi connectivity index (χ0v) is 17.2. The van der Waals surface area contributed by atoms with E-state index in [-0.39, 0.29) is 0 Å². The molecule has 1 saturated heterocycles. The fourth-order valence-corrected chi connectivity index (χ4v) is 4.81. The molecule has 5 rings (SSSR count). The van der Waals surface area contributed by atoms with E-state index < -0.39 is 0 Å². The number of aryl methyl sites for hydroxylation is 1. The van der Waals surface area contributed by atoms with E-state index in [1.807, 2.05) is 24.4 Å². The van der Waals surface area contributed by atoms with Gasteiger partial charge in [-0.3, -0.25) is 0 Å². The van der Waals surface area contributed by atoms with Crippen LogP contribution in [0.4, 0.5) is 11.6 Å². The van der Waals surface area contributed by atoms with Gasteiger partial charge in [-0.05, 0) is 41.1 Å². The molecule has 1 aliphatic heterocycles. The molecule has 1 aromatic carbocycles. The van der Waals surface area contributed by atoms with Crippen LogP contribution in [-0.2, 0) is 0 Å². The first-order valence-corrected chi connectivity index (χ1v) is 10.4. The van der Waals surface area contributed by atoms with Gasteiger partial charge in [0.2, 0.25) is 0 Å². The Labute approximate surface area is 169 Å². The molecule has 0 N–H and O–H groups in total. The zero-order chi connectivity index (χ0) is 18.4. The molecular weight excluding hydrogens is 424 g/mol. The number of piperazine rings is 1. The predicted molar refractivity (Wildman–Crippen MR) is 114 cm³/mol. The number of aromatic nitrogens is 4. The van der Waals surface area contributed by atoms with Gasteiger partial charge in [-0.25, -0.2) is 19.9 Å². The van der Waals surface area contributed by atoms with Crippen molar-refractivity contribution in [1.82, 2.24) is 19.9 Å². The number of nitrogens with zero attached hydrogens (tertiary/aromatic N) is 6. The fourth-order valence-electron chi connectivity index (χ4n) is 3.51. The highest BCUT2D eigenvalue weighted by atomic mass is 79.9. The van der Waals surface area contributed by atoms with Crippen molar-refractivity contribution in [2.45, 2.75) is 6.92 Å². The second kappa shape index (κ2) is 6.69. The van der Waals surface area contributed by atoms with Crippen LogP contribution in [0.5, 0.6) is 0 Å². The van der Waals surface area contributed by atoms with Crippen LogP contribution in [0.2, 0.25) is 0 Å². The SMILES string of the molecule is Cc1cc2c(N3CCN(c4cnc5c(Br)cccc5n4)CC3)ncnc2s1. The Morgan fingerprint density at radius 3 is 2.70 bits per heavy atom. The predicted octanol–water partition coefficient (Wildman–Crippen LogP) is 4.03. The molecule has 8 heteroatoms. The Morgan fingerprint density at radius 1 is 1.04 bits per heavy atom. The molecule has 0 saturated carbocycles. The number of para-hydroxylation sites is 1. The van der Waals surface area contributed by atoms with E-state index in [1.54, 1.807) is 17.7 Å². The second-order valence-corrected chi connectivity index (χ2v) is 8.67. The summed E-state index contributed by atoms with van der Waals surface area (Å²) >= 11 is 5.26. The van der Waals surface area contributed by atoms with E-state index in [1.165, 1.54) is 4.88 Å². The first kappa shape index (κ1) is 16.8. The summed E-state index contributed by atoms with van der Waals surface area (Å²) in [5.41, 5.74) is 1.81. The number of rotatable bonds is 2. The van der Waals surface area contributed by atoms with Crippen molar-refractivity contribution in [3.05, 3.63) is 46.1 Å². The van der Waals surface area contributed by atoms with Crippen molar-refractivity contribution in [2.75, 3.05) is 36.0 Å². The molecule has 0 spiro atoms. The van der Waals surface area contributed by atoms with Gasteiger partial charge in [-0.2, -0.15) is 0 Å². The Bertz CT molecular complexity index is 1140. The Hall–Kier alpha value is -2.32. The van der Waals surface area contributed by atoms with Gasteiger partial charge >= 0.3 is 0 Å². The maximum atomic E-state index is 4.80. The maximum Gasteiger partial charge on any atom is 0.147 e. The number of fused-ring (bicyclic) bond motifs is 2. The molecule has 0 unspecified atom stereocenters. The molecule has 136 valence electrons. The van der Waals surface area contributed by atoms with Crippen molar-refractivity contribution >= 4 is 60.2 Å². The lowest BCUT2D eigenvalue weighted by atomic mass is 10.2. The Balaban J connectivity index is 1.38. The van der Waals surface area contributed by atoms with E-state index in [0.29, 0.717) is 0 Å². The fraction of sp³-hybridized carbons (Fsp3) is 0.263. The molecular formula is C19H17BrN6S. The van der Waals surface area contributed by atoms with Crippen molar-refractivity contribution < 1.29 is 0 Å². The third-order valence-electron chi connectivity index (χ3n) is 4.84. The molecule has 27 heavy (non-hydrogen) atoms. The first-order chi connectivity index (χ1) is 13.2. The quantitative estimate of drug-likeness (QED) is 0.468. The molecule has 0 atom stereocenters. The summed E-state index contributed by atoms with van der Waals surface area (Å²) in [6.07, 6.45) is 3.54. The average Bonchev–Trinajstić information content (AvgIpc) is 3.08. The molecule has 0 amide bonds. The average molecular weight is 441 g/mol. The van der Waals surface area contributed by atoms with E-state index in [0.717, 1.165) is 63.5 Å². The molecule has 4 aromatic rings. The smallest absolute Gasteiger partial charge is 0.147 e. The summed E-state index contributed by atoms with van der Waals surface area (Å²) in [5, 5.41) is 1.16. The molecule has 1 aliphatic rings. The highest BCUT2D eigenvalue weighted by Crippen LogP contribution is 2.30. The third-order valence-corrected chi connectivity index (χ3v) is 6.44. The van der Waals surface area contributed by atoms with E-state index in [2.05, 4.69) is 53.7 Å². The topological polar surface area (TPSA) is 58.0 Å². The van der Waals surface area contributed by atoms with Crippen LogP contribution >= 0.6 is 27.3 Å². The monoisotopic (exact) mass is 440 g/mol. The van der Waals surface area contributed by atoms with Crippen LogP contribution in [-0.4, -0.2) is 46.1 Å². The van der Waals surface area contributed by atoms with E-state index in [9.17, 15) is 0 Å². The molecule has 4 heterocycles. The highest BCUT2D eigenvalue weighted by Gasteiger charge is 2.22. The van der Waals surface area contributed by atoms with Crippen LogP contribution < -0.4 is 9.80 Å². The standard InChI is InChI=1S/C19H17BrN6S/c1-12-9-13-18(22-11-23-19(13)27-12)26-7-5-25(6-8-26)16-10-21-17-14(20)3-2-4-15(17)24-16/h2-4,9-11H,5-8H2,1H3. The summed E-state index contributed by atoms with van der Waals surface area (Å²) in [4.78, 5) is 25.3. The van der Waals surface area contributed by atoms with Gasteiger partial charge in [0.1, 0.15) is 28.3 Å². The van der Waals surface area contributed by atoms with Crippen LogP contribution in [0.1, 0.15) is 4.88 Å². The molecule has 0 radical (unpaired) electrons. The Morgan fingerprint density at radius 2 is 1.85 bits per heavy atom. The van der Waals surface area contributed by atoms with Crippen LogP contribution in [0.25, 0.3) is 21.3 Å². The number of halogens is 1. The minimum atomic E-state index is 0.892. The molecule has 3 aromatic heterocycles. The number of benzene rings is 1. The molecule has 1 fully saturated rings. The zero-order valence-electron chi connectivity index (χ0n) is 14.8. The summed E-state index contributed by atoms with van der Waals surface area (Å²) in [5.74, 6) is 1.97. The van der Waals surface area contributed by atoms with Gasteiger partial charge in [0, 0.05) is 35.5 Å². The normalized spacial score (nSPS) is 15.0. The molecule has 6 nitrogen and oxygen atoms in total. The van der Waals surface area contributed by atoms with Gasteiger partial charge in [-0.1, -0.05) is 6.07 Å². The Kier molecular flexibility index (Phi) is 4.17. The van der Waals surface area contributed by atoms with Gasteiger partial charge in [-0.15, -0.1) is 11.3 Å². The van der Waals surface area contributed by atoms with Crippen LogP contribution in [0.3, 0.4) is 0 Å². The lowest BCUT2D eigenvalue weighted by molar-refractivity contribution is 0.643. The van der Waals surface area contributed by atoms with E-state index in [4.69, 9.17) is 4.98 Å². The first-order valence-electron chi connectivity index (χ1n) is 8.81. The van der Waals surface area contributed by atoms with Gasteiger partial charge in [0.15, 0.2) is 0 Å². The maximum absolute atomic E-state index is 4.80. The van der Waals surface area contributed by atoms with Crippen LogP contribution in [0, 0.1) is 6.92 Å². The summed E-state index contributed by atoms with van der Waals surface area (Å²) in [6, 6.07) is 8.17. The molecule has 0 bridgehead atoms. The van der Waals surface area contributed by atoms with Crippen molar-refractivity contribution in [2.24, 2.45) is 0 Å². The lowest BCUT2D eigenvalue weighted by Crippen LogP contribution is -2.47.